The quantitative estimate of drug-likeness (QED) is 0.248. The van der Waals surface area contributed by atoms with E-state index >= 15 is 0 Å². The van der Waals surface area contributed by atoms with Gasteiger partial charge in [-0.15, -0.1) is 0 Å². The predicted octanol–water partition coefficient (Wildman–Crippen LogP) is 11.2. The SMILES string of the molecule is CC(C)(C)c1cc2c(c(C(C)(C)C)c1)C(C)(C)c1cccc(Nc3ccccc3-c3cccc4ccccc34)c1-2. The number of anilines is 2. The third-order valence-corrected chi connectivity index (χ3v) is 8.72. The Bertz CT molecular complexity index is 1750. The van der Waals surface area contributed by atoms with Gasteiger partial charge >= 0.3 is 0 Å². The van der Waals surface area contributed by atoms with E-state index in [2.05, 4.69) is 158 Å². The van der Waals surface area contributed by atoms with Crippen LogP contribution in [0.15, 0.2) is 97.1 Å². The minimum atomic E-state index is -0.0868. The van der Waals surface area contributed by atoms with Crippen LogP contribution in [-0.4, -0.2) is 0 Å². The average Bonchev–Trinajstić information content (AvgIpc) is 3.14. The highest BCUT2D eigenvalue weighted by molar-refractivity contribution is 6.01. The second-order valence-corrected chi connectivity index (χ2v) is 14.0. The molecule has 0 heterocycles. The van der Waals surface area contributed by atoms with Crippen molar-refractivity contribution in [2.45, 2.75) is 71.6 Å². The van der Waals surface area contributed by atoms with Gasteiger partial charge in [0.2, 0.25) is 0 Å². The van der Waals surface area contributed by atoms with Crippen molar-refractivity contribution in [3.63, 3.8) is 0 Å². The molecule has 0 saturated heterocycles. The van der Waals surface area contributed by atoms with E-state index in [1.807, 2.05) is 0 Å². The molecule has 5 aromatic carbocycles. The van der Waals surface area contributed by atoms with E-state index in [1.165, 1.54) is 61.0 Å². The number of fused-ring (bicyclic) bond motifs is 4. The zero-order valence-corrected chi connectivity index (χ0v) is 25.2. The molecule has 1 nitrogen and oxygen atoms in total. The van der Waals surface area contributed by atoms with E-state index in [-0.39, 0.29) is 16.2 Å². The van der Waals surface area contributed by atoms with Crippen LogP contribution in [0.4, 0.5) is 11.4 Å². The third-order valence-electron chi connectivity index (χ3n) is 8.72. The summed E-state index contributed by atoms with van der Waals surface area (Å²) in [5.41, 5.74) is 13.2. The topological polar surface area (TPSA) is 12.0 Å². The lowest BCUT2D eigenvalue weighted by Crippen LogP contribution is -2.24. The summed E-state index contributed by atoms with van der Waals surface area (Å²) in [6.45, 7) is 18.8. The van der Waals surface area contributed by atoms with Gasteiger partial charge < -0.3 is 5.32 Å². The summed E-state index contributed by atoms with van der Waals surface area (Å²) >= 11 is 0. The maximum absolute atomic E-state index is 3.93. The van der Waals surface area contributed by atoms with E-state index in [9.17, 15) is 0 Å². The summed E-state index contributed by atoms with van der Waals surface area (Å²) in [6.07, 6.45) is 0. The van der Waals surface area contributed by atoms with E-state index < -0.39 is 0 Å². The molecule has 0 fully saturated rings. The Morgan fingerprint density at radius 2 is 1.20 bits per heavy atom. The van der Waals surface area contributed by atoms with Crippen LogP contribution in [0, 0.1) is 0 Å². The van der Waals surface area contributed by atoms with Gasteiger partial charge in [0.25, 0.3) is 0 Å². The maximum Gasteiger partial charge on any atom is 0.0467 e. The largest absolute Gasteiger partial charge is 0.355 e. The highest BCUT2D eigenvalue weighted by Crippen LogP contribution is 2.55. The van der Waals surface area contributed by atoms with Crippen LogP contribution < -0.4 is 5.32 Å². The van der Waals surface area contributed by atoms with Gasteiger partial charge in [-0.25, -0.2) is 0 Å². The Morgan fingerprint density at radius 1 is 0.575 bits per heavy atom. The van der Waals surface area contributed by atoms with Crippen LogP contribution in [0.3, 0.4) is 0 Å². The van der Waals surface area contributed by atoms with Gasteiger partial charge in [-0.2, -0.15) is 0 Å². The number of rotatable bonds is 3. The zero-order chi connectivity index (χ0) is 28.4. The Labute approximate surface area is 240 Å². The molecule has 0 aliphatic heterocycles. The molecule has 0 bridgehead atoms. The van der Waals surface area contributed by atoms with Crippen LogP contribution >= 0.6 is 0 Å². The van der Waals surface area contributed by atoms with Crippen LogP contribution in [0.1, 0.15) is 77.6 Å². The van der Waals surface area contributed by atoms with Crippen LogP contribution in [0.25, 0.3) is 33.0 Å². The van der Waals surface area contributed by atoms with Gasteiger partial charge in [0.05, 0.1) is 0 Å². The summed E-state index contributed by atoms with van der Waals surface area (Å²) in [4.78, 5) is 0. The molecule has 6 rings (SSSR count). The Kier molecular flexibility index (Phi) is 6.00. The van der Waals surface area contributed by atoms with Crippen molar-refractivity contribution < 1.29 is 0 Å². The lowest BCUT2D eigenvalue weighted by molar-refractivity contribution is 0.545. The van der Waals surface area contributed by atoms with E-state index in [0.29, 0.717) is 0 Å². The van der Waals surface area contributed by atoms with Crippen molar-refractivity contribution in [1.29, 1.82) is 0 Å². The predicted molar refractivity (Wildman–Crippen MR) is 174 cm³/mol. The number of nitrogens with one attached hydrogen (secondary N) is 1. The van der Waals surface area contributed by atoms with Gasteiger partial charge in [-0.05, 0) is 67.1 Å². The number of para-hydroxylation sites is 1. The average molecular weight is 524 g/mol. The van der Waals surface area contributed by atoms with Gasteiger partial charge in [0, 0.05) is 27.9 Å². The van der Waals surface area contributed by atoms with Gasteiger partial charge in [-0.1, -0.05) is 140 Å². The fourth-order valence-electron chi connectivity index (χ4n) is 6.57. The minimum Gasteiger partial charge on any atom is -0.355 e. The molecular formula is C39H41N. The monoisotopic (exact) mass is 523 g/mol. The number of hydrogen-bond acceptors (Lipinski definition) is 1. The Balaban J connectivity index is 1.57. The molecule has 5 aromatic rings. The van der Waals surface area contributed by atoms with Crippen molar-refractivity contribution in [1.82, 2.24) is 0 Å². The summed E-state index contributed by atoms with van der Waals surface area (Å²) in [5, 5.41) is 6.46. The van der Waals surface area contributed by atoms with Gasteiger partial charge in [-0.3, -0.25) is 0 Å². The van der Waals surface area contributed by atoms with Crippen LogP contribution in [0.2, 0.25) is 0 Å². The van der Waals surface area contributed by atoms with Crippen LogP contribution in [-0.2, 0) is 16.2 Å². The molecule has 0 unspecified atom stereocenters. The first-order chi connectivity index (χ1) is 18.9. The standard InChI is InChI=1S/C39H41N/c1-37(2,3)26-23-30-35-31(39(7,8)36(30)32(24-26)38(4,5)6)20-14-22-34(35)40-33-21-12-11-18-29(33)28-19-13-16-25-15-9-10-17-27(25)28/h9-24,40H,1-8H3. The highest BCUT2D eigenvalue weighted by atomic mass is 14.9. The molecule has 0 aromatic heterocycles. The van der Waals surface area contributed by atoms with E-state index in [1.54, 1.807) is 0 Å². The molecule has 40 heavy (non-hydrogen) atoms. The number of hydrogen-bond donors (Lipinski definition) is 1. The summed E-state index contributed by atoms with van der Waals surface area (Å²) < 4.78 is 0. The fraction of sp³-hybridized carbons (Fsp3) is 0.282. The fourth-order valence-corrected chi connectivity index (χ4v) is 6.57. The second kappa shape index (κ2) is 9.10. The first kappa shape index (κ1) is 26.4. The Hall–Kier alpha value is -3.84. The molecule has 0 radical (unpaired) electrons. The highest BCUT2D eigenvalue weighted by Gasteiger charge is 2.41. The lowest BCUT2D eigenvalue weighted by Gasteiger charge is -2.32. The summed E-state index contributed by atoms with van der Waals surface area (Å²) in [5.74, 6) is 0. The first-order valence-electron chi connectivity index (χ1n) is 14.5. The molecule has 0 saturated carbocycles. The minimum absolute atomic E-state index is 0.0409. The molecule has 1 heteroatoms. The molecule has 202 valence electrons. The molecule has 1 aliphatic carbocycles. The van der Waals surface area contributed by atoms with Crippen molar-refractivity contribution in [3.8, 4) is 22.3 Å². The zero-order valence-electron chi connectivity index (χ0n) is 25.2. The molecular weight excluding hydrogens is 482 g/mol. The molecule has 1 N–H and O–H groups in total. The first-order valence-corrected chi connectivity index (χ1v) is 14.5. The maximum atomic E-state index is 3.93. The molecule has 0 amide bonds. The van der Waals surface area contributed by atoms with Gasteiger partial charge in [0.1, 0.15) is 0 Å². The van der Waals surface area contributed by atoms with Crippen molar-refractivity contribution in [3.05, 3.63) is 119 Å². The molecule has 0 atom stereocenters. The smallest absolute Gasteiger partial charge is 0.0467 e. The third kappa shape index (κ3) is 4.24. The lowest BCUT2D eigenvalue weighted by atomic mass is 9.71. The molecule has 0 spiro atoms. The van der Waals surface area contributed by atoms with Crippen molar-refractivity contribution in [2.24, 2.45) is 0 Å². The summed E-state index contributed by atoms with van der Waals surface area (Å²) in [6, 6.07) is 35.7. The second-order valence-electron chi connectivity index (χ2n) is 14.0. The van der Waals surface area contributed by atoms with Crippen molar-refractivity contribution >= 4 is 22.1 Å². The van der Waals surface area contributed by atoms with Gasteiger partial charge in [0.15, 0.2) is 0 Å². The van der Waals surface area contributed by atoms with Crippen LogP contribution in [0.5, 0.6) is 0 Å². The summed E-state index contributed by atoms with van der Waals surface area (Å²) in [7, 11) is 0. The van der Waals surface area contributed by atoms with E-state index in [0.717, 1.165) is 5.69 Å². The Morgan fingerprint density at radius 3 is 1.95 bits per heavy atom. The normalized spacial score (nSPS) is 14.2. The molecule has 1 aliphatic rings. The van der Waals surface area contributed by atoms with Crippen molar-refractivity contribution in [2.75, 3.05) is 5.32 Å². The number of benzene rings is 5. The van der Waals surface area contributed by atoms with E-state index in [4.69, 9.17) is 0 Å².